The Hall–Kier alpha value is -6.62. The van der Waals surface area contributed by atoms with Crippen LogP contribution in [0.5, 0.6) is 0 Å². The van der Waals surface area contributed by atoms with Gasteiger partial charge in [-0.05, 0) is 113 Å². The standard InChI is InChI=1S/C42H24N4/c1-44-42-25-34(19-21-46-42)30-12-8-28(9-13-30)32-15-17-39-37-5-3-2-4-36(37)38-16-14-31(23-40(38)41(39)24-32)27-6-10-29(11-7-27)33-18-20-45-35(22-33)26-43/h2-25H. The number of hydrogen-bond donors (Lipinski definition) is 0. The van der Waals surface area contributed by atoms with Crippen molar-refractivity contribution >= 4 is 38.1 Å². The lowest BCUT2D eigenvalue weighted by molar-refractivity contribution is 1.26. The lowest BCUT2D eigenvalue weighted by atomic mass is 9.90. The fourth-order valence-electron chi connectivity index (χ4n) is 6.36. The van der Waals surface area contributed by atoms with E-state index in [2.05, 4.69) is 130 Å². The lowest BCUT2D eigenvalue weighted by Gasteiger charge is -2.14. The zero-order chi connectivity index (χ0) is 31.0. The number of hydrogen-bond acceptors (Lipinski definition) is 3. The van der Waals surface area contributed by atoms with Crippen LogP contribution < -0.4 is 0 Å². The van der Waals surface area contributed by atoms with Gasteiger partial charge in [-0.2, -0.15) is 5.26 Å². The molecule has 8 aromatic rings. The second-order valence-corrected chi connectivity index (χ2v) is 11.3. The molecule has 0 N–H and O–H groups in total. The Morgan fingerprint density at radius 2 is 0.848 bits per heavy atom. The zero-order valence-corrected chi connectivity index (χ0v) is 24.6. The van der Waals surface area contributed by atoms with E-state index in [-0.39, 0.29) is 0 Å². The Morgan fingerprint density at radius 3 is 1.33 bits per heavy atom. The van der Waals surface area contributed by atoms with Crippen LogP contribution in [0.4, 0.5) is 5.82 Å². The fourth-order valence-corrected chi connectivity index (χ4v) is 6.36. The average Bonchev–Trinajstić information content (AvgIpc) is 3.14. The first-order valence-electron chi connectivity index (χ1n) is 15.0. The maximum Gasteiger partial charge on any atom is 0.270 e. The molecule has 4 nitrogen and oxygen atoms in total. The molecule has 0 bridgehead atoms. The van der Waals surface area contributed by atoms with Crippen molar-refractivity contribution in [2.75, 3.05) is 0 Å². The van der Waals surface area contributed by atoms with Gasteiger partial charge in [-0.1, -0.05) is 104 Å². The van der Waals surface area contributed by atoms with Crippen LogP contribution in [0, 0.1) is 17.9 Å². The van der Waals surface area contributed by atoms with Gasteiger partial charge in [0.05, 0.1) is 0 Å². The fraction of sp³-hybridized carbons (Fsp3) is 0. The van der Waals surface area contributed by atoms with Crippen LogP contribution >= 0.6 is 0 Å². The largest absolute Gasteiger partial charge is 0.361 e. The Morgan fingerprint density at radius 1 is 0.435 bits per heavy atom. The van der Waals surface area contributed by atoms with E-state index in [4.69, 9.17) is 6.57 Å². The summed E-state index contributed by atoms with van der Waals surface area (Å²) in [7, 11) is 0. The molecular formula is C42H24N4. The van der Waals surface area contributed by atoms with Crippen molar-refractivity contribution in [1.29, 1.82) is 5.26 Å². The van der Waals surface area contributed by atoms with Crippen molar-refractivity contribution in [2.45, 2.75) is 0 Å². The number of benzene rings is 6. The smallest absolute Gasteiger partial charge is 0.270 e. The topological polar surface area (TPSA) is 53.9 Å². The zero-order valence-electron chi connectivity index (χ0n) is 24.6. The van der Waals surface area contributed by atoms with Crippen LogP contribution in [0.1, 0.15) is 5.69 Å². The summed E-state index contributed by atoms with van der Waals surface area (Å²) >= 11 is 0. The minimum Gasteiger partial charge on any atom is -0.361 e. The molecule has 0 aliphatic carbocycles. The number of aromatic nitrogens is 2. The molecule has 0 atom stereocenters. The van der Waals surface area contributed by atoms with Gasteiger partial charge < -0.3 is 4.85 Å². The third-order valence-electron chi connectivity index (χ3n) is 8.67. The maximum atomic E-state index is 9.26. The summed E-state index contributed by atoms with van der Waals surface area (Å²) in [5.41, 5.74) is 9.03. The van der Waals surface area contributed by atoms with E-state index < -0.39 is 0 Å². The second kappa shape index (κ2) is 11.1. The summed E-state index contributed by atoms with van der Waals surface area (Å²) in [6, 6.07) is 48.8. The highest BCUT2D eigenvalue weighted by atomic mass is 14.8. The summed E-state index contributed by atoms with van der Waals surface area (Å²) in [5.74, 6) is 0.397. The highest BCUT2D eigenvalue weighted by Gasteiger charge is 2.12. The van der Waals surface area contributed by atoms with Gasteiger partial charge in [0.25, 0.3) is 5.82 Å². The van der Waals surface area contributed by atoms with Crippen molar-refractivity contribution in [1.82, 2.24) is 9.97 Å². The van der Waals surface area contributed by atoms with Gasteiger partial charge in [0, 0.05) is 6.20 Å². The normalized spacial score (nSPS) is 11.0. The minimum atomic E-state index is 0.397. The highest BCUT2D eigenvalue weighted by molar-refractivity contribution is 6.26. The van der Waals surface area contributed by atoms with Gasteiger partial charge in [0.2, 0.25) is 0 Å². The molecule has 0 spiro atoms. The summed E-state index contributed by atoms with van der Waals surface area (Å²) in [4.78, 5) is 11.7. The van der Waals surface area contributed by atoms with Gasteiger partial charge in [0.1, 0.15) is 18.0 Å². The monoisotopic (exact) mass is 584 g/mol. The molecule has 0 radical (unpaired) electrons. The number of fused-ring (bicyclic) bond motifs is 6. The van der Waals surface area contributed by atoms with Crippen molar-refractivity contribution in [3.05, 3.63) is 163 Å². The first-order valence-corrected chi connectivity index (χ1v) is 15.0. The van der Waals surface area contributed by atoms with Crippen LogP contribution in [0.2, 0.25) is 0 Å². The predicted octanol–water partition coefficient (Wildman–Crippen LogP) is 11.0. The third kappa shape index (κ3) is 4.72. The molecule has 0 fully saturated rings. The summed E-state index contributed by atoms with van der Waals surface area (Å²) in [6.45, 7) is 7.29. The SMILES string of the molecule is [C-]#[N+]c1cc(-c2ccc(-c3ccc4c5ccccc5c5ccc(-c6ccc(-c7ccnc(C#N)c7)cc6)cc5c4c3)cc2)ccn1. The molecule has 4 heteroatoms. The predicted molar refractivity (Wildman–Crippen MR) is 187 cm³/mol. The van der Waals surface area contributed by atoms with Crippen LogP contribution in [0.25, 0.3) is 81.7 Å². The van der Waals surface area contributed by atoms with Crippen LogP contribution in [-0.2, 0) is 0 Å². The molecule has 46 heavy (non-hydrogen) atoms. The molecule has 0 aliphatic heterocycles. The third-order valence-corrected chi connectivity index (χ3v) is 8.67. The van der Waals surface area contributed by atoms with Crippen molar-refractivity contribution in [2.24, 2.45) is 0 Å². The summed E-state index contributed by atoms with van der Waals surface area (Å²) in [6.07, 6.45) is 3.36. The second-order valence-electron chi connectivity index (χ2n) is 11.3. The Balaban J connectivity index is 1.24. The molecule has 6 aromatic carbocycles. The first kappa shape index (κ1) is 27.0. The first-order chi connectivity index (χ1) is 22.7. The maximum absolute atomic E-state index is 9.26. The van der Waals surface area contributed by atoms with Gasteiger partial charge in [0.15, 0.2) is 0 Å². The quantitative estimate of drug-likeness (QED) is 0.153. The van der Waals surface area contributed by atoms with Gasteiger partial charge in [-0.3, -0.25) is 0 Å². The van der Waals surface area contributed by atoms with E-state index in [1.54, 1.807) is 12.4 Å². The van der Waals surface area contributed by atoms with E-state index in [1.807, 2.05) is 24.3 Å². The number of nitriles is 1. The molecule has 8 rings (SSSR count). The molecule has 0 saturated heterocycles. The molecular weight excluding hydrogens is 560 g/mol. The Bertz CT molecular complexity index is 2350. The average molecular weight is 585 g/mol. The number of pyridine rings is 2. The highest BCUT2D eigenvalue weighted by Crippen LogP contribution is 2.39. The van der Waals surface area contributed by atoms with Crippen LogP contribution in [-0.4, -0.2) is 9.97 Å². The lowest BCUT2D eigenvalue weighted by Crippen LogP contribution is -1.87. The number of nitrogens with zero attached hydrogens (tertiary/aromatic N) is 4. The molecule has 0 saturated carbocycles. The minimum absolute atomic E-state index is 0.397. The van der Waals surface area contributed by atoms with Crippen molar-refractivity contribution < 1.29 is 0 Å². The molecule has 2 heterocycles. The molecule has 0 amide bonds. The van der Waals surface area contributed by atoms with E-state index in [9.17, 15) is 5.26 Å². The molecule has 0 unspecified atom stereocenters. The van der Waals surface area contributed by atoms with Gasteiger partial charge in [-0.15, -0.1) is 4.98 Å². The van der Waals surface area contributed by atoms with E-state index in [1.165, 1.54) is 32.3 Å². The van der Waals surface area contributed by atoms with Crippen LogP contribution in [0.15, 0.2) is 146 Å². The molecule has 2 aromatic heterocycles. The number of rotatable bonds is 4. The summed E-state index contributed by atoms with van der Waals surface area (Å²) in [5, 5.41) is 16.6. The Kier molecular flexibility index (Phi) is 6.53. The molecule has 0 aliphatic rings. The van der Waals surface area contributed by atoms with Crippen LogP contribution in [0.3, 0.4) is 0 Å². The van der Waals surface area contributed by atoms with Gasteiger partial charge in [-0.25, -0.2) is 4.98 Å². The van der Waals surface area contributed by atoms with E-state index in [0.29, 0.717) is 11.5 Å². The van der Waals surface area contributed by atoms with Crippen molar-refractivity contribution in [3.63, 3.8) is 0 Å². The van der Waals surface area contributed by atoms with Gasteiger partial charge >= 0.3 is 0 Å². The van der Waals surface area contributed by atoms with E-state index >= 15 is 0 Å². The van der Waals surface area contributed by atoms with E-state index in [0.717, 1.165) is 44.5 Å². The Labute approximate surface area is 266 Å². The molecule has 212 valence electrons. The summed E-state index contributed by atoms with van der Waals surface area (Å²) < 4.78 is 0. The van der Waals surface area contributed by atoms with Crippen molar-refractivity contribution in [3.8, 4) is 50.6 Å².